The lowest BCUT2D eigenvalue weighted by Gasteiger charge is -2.19. The predicted molar refractivity (Wildman–Crippen MR) is 108 cm³/mol. The van der Waals surface area contributed by atoms with Gasteiger partial charge in [0, 0.05) is 12.1 Å². The van der Waals surface area contributed by atoms with E-state index in [2.05, 4.69) is 10.0 Å². The van der Waals surface area contributed by atoms with Gasteiger partial charge in [-0.3, -0.25) is 10.1 Å². The van der Waals surface area contributed by atoms with E-state index in [1.54, 1.807) is 21.0 Å². The second-order valence-corrected chi connectivity index (χ2v) is 8.30. The Morgan fingerprint density at radius 1 is 1.14 bits per heavy atom. The predicted octanol–water partition coefficient (Wildman–Crippen LogP) is 3.85. The van der Waals surface area contributed by atoms with Gasteiger partial charge in [0.2, 0.25) is 10.0 Å². The van der Waals surface area contributed by atoms with Crippen LogP contribution in [-0.2, 0) is 10.0 Å². The lowest BCUT2D eigenvalue weighted by atomic mass is 10.0. The minimum absolute atomic E-state index is 0.143. The molecule has 9 heteroatoms. The van der Waals surface area contributed by atoms with Crippen molar-refractivity contribution < 1.29 is 18.1 Å². The highest BCUT2D eigenvalue weighted by atomic mass is 32.2. The summed E-state index contributed by atoms with van der Waals surface area (Å²) in [5, 5.41) is 14.7. The number of nitrogens with zero attached hydrogens (tertiary/aromatic N) is 1. The topological polar surface area (TPSA) is 111 Å². The summed E-state index contributed by atoms with van der Waals surface area (Å²) in [5.74, 6) is 0.719. The third kappa shape index (κ3) is 5.20. The van der Waals surface area contributed by atoms with Crippen LogP contribution in [0.3, 0.4) is 0 Å². The first-order valence-electron chi connectivity index (χ1n) is 8.89. The minimum Gasteiger partial charge on any atom is -0.497 e. The molecular weight excluding hydrogens is 382 g/mol. The van der Waals surface area contributed by atoms with E-state index in [1.165, 1.54) is 12.1 Å². The van der Waals surface area contributed by atoms with Crippen LogP contribution in [-0.4, -0.2) is 26.5 Å². The summed E-state index contributed by atoms with van der Waals surface area (Å²) < 4.78 is 32.2. The van der Waals surface area contributed by atoms with Crippen molar-refractivity contribution in [2.45, 2.75) is 44.2 Å². The molecule has 8 nitrogen and oxygen atoms in total. The molecule has 0 spiro atoms. The molecule has 1 atom stereocenters. The Balaban J connectivity index is 2.37. The van der Waals surface area contributed by atoms with Crippen molar-refractivity contribution in [1.29, 1.82) is 0 Å². The number of sulfonamides is 1. The monoisotopic (exact) mass is 407 g/mol. The molecule has 0 saturated heterocycles. The lowest BCUT2D eigenvalue weighted by molar-refractivity contribution is -0.384. The smallest absolute Gasteiger partial charge is 0.293 e. The molecule has 0 aliphatic rings. The van der Waals surface area contributed by atoms with E-state index in [1.807, 2.05) is 31.2 Å². The van der Waals surface area contributed by atoms with Crippen LogP contribution in [0.25, 0.3) is 0 Å². The quantitative estimate of drug-likeness (QED) is 0.482. The number of rotatable bonds is 9. The van der Waals surface area contributed by atoms with Crippen LogP contribution in [0.5, 0.6) is 5.75 Å². The molecule has 152 valence electrons. The molecular formula is C19H25N3O5S. The SMILES string of the molecule is CC[C@H](Nc1ccc(S(=O)(=O)NC(C)C)cc1[N+](=O)[O-])c1ccc(OC)cc1. The highest BCUT2D eigenvalue weighted by Crippen LogP contribution is 2.32. The molecule has 0 radical (unpaired) electrons. The van der Waals surface area contributed by atoms with Gasteiger partial charge < -0.3 is 10.1 Å². The van der Waals surface area contributed by atoms with Gasteiger partial charge in [-0.25, -0.2) is 13.1 Å². The lowest BCUT2D eigenvalue weighted by Crippen LogP contribution is -2.30. The number of nitro groups is 1. The molecule has 2 rings (SSSR count). The van der Waals surface area contributed by atoms with Crippen molar-refractivity contribution in [2.24, 2.45) is 0 Å². The van der Waals surface area contributed by atoms with Crippen molar-refractivity contribution in [3.05, 3.63) is 58.1 Å². The van der Waals surface area contributed by atoms with Gasteiger partial charge in [-0.1, -0.05) is 19.1 Å². The zero-order valence-electron chi connectivity index (χ0n) is 16.3. The van der Waals surface area contributed by atoms with E-state index in [9.17, 15) is 18.5 Å². The third-order valence-electron chi connectivity index (χ3n) is 4.12. The van der Waals surface area contributed by atoms with Gasteiger partial charge in [0.15, 0.2) is 0 Å². The van der Waals surface area contributed by atoms with Gasteiger partial charge in [0.05, 0.1) is 23.0 Å². The van der Waals surface area contributed by atoms with E-state index in [0.717, 1.165) is 17.4 Å². The van der Waals surface area contributed by atoms with E-state index >= 15 is 0 Å². The van der Waals surface area contributed by atoms with Crippen molar-refractivity contribution in [3.8, 4) is 5.75 Å². The first kappa shape index (κ1) is 21.6. The largest absolute Gasteiger partial charge is 0.497 e. The second kappa shape index (κ2) is 9.03. The Morgan fingerprint density at radius 3 is 2.29 bits per heavy atom. The van der Waals surface area contributed by atoms with Gasteiger partial charge in [0.25, 0.3) is 5.69 Å². The van der Waals surface area contributed by atoms with E-state index in [0.29, 0.717) is 6.42 Å². The summed E-state index contributed by atoms with van der Waals surface area (Å²) in [6.45, 7) is 5.32. The fourth-order valence-corrected chi connectivity index (χ4v) is 4.05. The molecule has 0 unspecified atom stereocenters. The molecule has 0 fully saturated rings. The van der Waals surface area contributed by atoms with Crippen LogP contribution in [0.2, 0.25) is 0 Å². The Hall–Kier alpha value is -2.65. The highest BCUT2D eigenvalue weighted by Gasteiger charge is 2.23. The first-order valence-corrected chi connectivity index (χ1v) is 10.4. The fraction of sp³-hybridized carbons (Fsp3) is 0.368. The summed E-state index contributed by atoms with van der Waals surface area (Å²) in [6.07, 6.45) is 0.679. The number of nitro benzene ring substituents is 1. The molecule has 0 aliphatic heterocycles. The standard InChI is InChI=1S/C19H25N3O5S/c1-5-17(14-6-8-15(27-4)9-7-14)20-18-11-10-16(12-19(18)22(23)24)28(25,26)21-13(2)3/h6-13,17,20-21H,5H2,1-4H3/t17-/m0/s1. The Kier molecular flexibility index (Phi) is 6.98. The van der Waals surface area contributed by atoms with Crippen molar-refractivity contribution in [2.75, 3.05) is 12.4 Å². The maximum atomic E-state index is 12.3. The molecule has 0 aromatic heterocycles. The molecule has 0 saturated carbocycles. The Bertz CT molecular complexity index is 927. The number of methoxy groups -OCH3 is 1. The number of anilines is 1. The second-order valence-electron chi connectivity index (χ2n) is 6.59. The molecule has 0 heterocycles. The van der Waals surface area contributed by atoms with Gasteiger partial charge in [-0.2, -0.15) is 0 Å². The molecule has 0 bridgehead atoms. The summed E-state index contributed by atoms with van der Waals surface area (Å²) >= 11 is 0. The van der Waals surface area contributed by atoms with E-state index < -0.39 is 14.9 Å². The number of benzene rings is 2. The van der Waals surface area contributed by atoms with Crippen LogP contribution in [0.1, 0.15) is 38.8 Å². The van der Waals surface area contributed by atoms with Gasteiger partial charge in [0.1, 0.15) is 11.4 Å². The molecule has 0 aliphatic carbocycles. The van der Waals surface area contributed by atoms with Gasteiger partial charge >= 0.3 is 0 Å². The van der Waals surface area contributed by atoms with Crippen LogP contribution in [0.4, 0.5) is 11.4 Å². The highest BCUT2D eigenvalue weighted by molar-refractivity contribution is 7.89. The summed E-state index contributed by atoms with van der Waals surface area (Å²) in [4.78, 5) is 10.8. The van der Waals surface area contributed by atoms with Crippen molar-refractivity contribution >= 4 is 21.4 Å². The molecule has 2 aromatic carbocycles. The van der Waals surface area contributed by atoms with Crippen molar-refractivity contribution in [3.63, 3.8) is 0 Å². The number of nitrogens with one attached hydrogen (secondary N) is 2. The summed E-state index contributed by atoms with van der Waals surface area (Å²) in [5.41, 5.74) is 0.908. The molecule has 2 aromatic rings. The van der Waals surface area contributed by atoms with Crippen LogP contribution in [0.15, 0.2) is 47.4 Å². The van der Waals surface area contributed by atoms with E-state index in [4.69, 9.17) is 4.74 Å². The Morgan fingerprint density at radius 2 is 1.79 bits per heavy atom. The number of hydrogen-bond donors (Lipinski definition) is 2. The maximum absolute atomic E-state index is 12.3. The molecule has 2 N–H and O–H groups in total. The number of hydrogen-bond acceptors (Lipinski definition) is 6. The fourth-order valence-electron chi connectivity index (χ4n) is 2.78. The van der Waals surface area contributed by atoms with Crippen molar-refractivity contribution in [1.82, 2.24) is 4.72 Å². The number of ether oxygens (including phenoxy) is 1. The first-order chi connectivity index (χ1) is 13.2. The average Bonchev–Trinajstić information content (AvgIpc) is 2.65. The van der Waals surface area contributed by atoms with Crippen LogP contribution in [0, 0.1) is 10.1 Å². The normalized spacial score (nSPS) is 12.6. The summed E-state index contributed by atoms with van der Waals surface area (Å²) in [7, 11) is -2.24. The third-order valence-corrected chi connectivity index (χ3v) is 5.78. The molecule has 28 heavy (non-hydrogen) atoms. The van der Waals surface area contributed by atoms with Gasteiger partial charge in [-0.15, -0.1) is 0 Å². The Labute approximate surface area is 165 Å². The summed E-state index contributed by atoms with van der Waals surface area (Å²) in [6, 6.07) is 10.8. The van der Waals surface area contributed by atoms with Crippen LogP contribution >= 0.6 is 0 Å². The zero-order chi connectivity index (χ0) is 20.9. The van der Waals surface area contributed by atoms with E-state index in [-0.39, 0.29) is 28.4 Å². The van der Waals surface area contributed by atoms with Gasteiger partial charge in [-0.05, 0) is 50.1 Å². The molecule has 0 amide bonds. The van der Waals surface area contributed by atoms with Crippen LogP contribution < -0.4 is 14.8 Å². The maximum Gasteiger partial charge on any atom is 0.293 e. The minimum atomic E-state index is -3.82. The zero-order valence-corrected chi connectivity index (χ0v) is 17.1. The average molecular weight is 407 g/mol.